The van der Waals surface area contributed by atoms with Crippen molar-refractivity contribution in [3.63, 3.8) is 0 Å². The minimum atomic E-state index is -0.547. The number of nitrogens with two attached hydrogens (primary N) is 1. The van der Waals surface area contributed by atoms with Crippen molar-refractivity contribution in [1.29, 1.82) is 0 Å². The fourth-order valence-corrected chi connectivity index (χ4v) is 2.10. The van der Waals surface area contributed by atoms with Crippen LogP contribution in [0.3, 0.4) is 0 Å². The summed E-state index contributed by atoms with van der Waals surface area (Å²) < 4.78 is 0. The molecule has 0 aliphatic heterocycles. The number of halogens is 1. The van der Waals surface area contributed by atoms with Crippen LogP contribution in [-0.2, 0) is 4.79 Å². The Kier molecular flexibility index (Phi) is 6.24. The summed E-state index contributed by atoms with van der Waals surface area (Å²) in [5, 5.41) is 5.17. The second-order valence-corrected chi connectivity index (χ2v) is 4.97. The molecule has 7 heteroatoms. The quantitative estimate of drug-likeness (QED) is 0.441. The van der Waals surface area contributed by atoms with Crippen LogP contribution in [0.25, 0.3) is 0 Å². The third-order valence-corrected chi connectivity index (χ3v) is 3.31. The average molecular weight is 300 g/mol. The van der Waals surface area contributed by atoms with Gasteiger partial charge in [0, 0.05) is 22.2 Å². The molecule has 0 aliphatic carbocycles. The fourth-order valence-electron chi connectivity index (χ4n) is 1.17. The average Bonchev–Trinajstić information content (AvgIpc) is 2.35. The summed E-state index contributed by atoms with van der Waals surface area (Å²) >= 11 is 7.00. The van der Waals surface area contributed by atoms with Gasteiger partial charge in [-0.2, -0.15) is 0 Å². The number of imide groups is 1. The lowest BCUT2D eigenvalue weighted by atomic mass is 10.3. The SMILES string of the molecule is C=CCNC(=O)NC(=O)CSc1ccc(Cl)cc1N. The van der Waals surface area contributed by atoms with Crippen LogP contribution >= 0.6 is 23.4 Å². The fraction of sp³-hybridized carbons (Fsp3) is 0.167. The number of rotatable bonds is 5. The predicted octanol–water partition coefficient (Wildman–Crippen LogP) is 2.03. The van der Waals surface area contributed by atoms with E-state index in [-0.39, 0.29) is 5.75 Å². The molecule has 0 aromatic heterocycles. The second-order valence-electron chi connectivity index (χ2n) is 3.52. The predicted molar refractivity (Wildman–Crippen MR) is 78.3 cm³/mol. The molecule has 1 aromatic carbocycles. The van der Waals surface area contributed by atoms with Crippen molar-refractivity contribution in [3.8, 4) is 0 Å². The first kappa shape index (κ1) is 15.4. The van der Waals surface area contributed by atoms with Gasteiger partial charge in [-0.1, -0.05) is 17.7 Å². The summed E-state index contributed by atoms with van der Waals surface area (Å²) in [6.45, 7) is 3.75. The van der Waals surface area contributed by atoms with E-state index >= 15 is 0 Å². The maximum Gasteiger partial charge on any atom is 0.321 e. The Labute approximate surface area is 120 Å². The summed E-state index contributed by atoms with van der Waals surface area (Å²) in [6.07, 6.45) is 1.52. The van der Waals surface area contributed by atoms with Gasteiger partial charge in [0.2, 0.25) is 5.91 Å². The molecule has 0 saturated heterocycles. The zero-order valence-electron chi connectivity index (χ0n) is 10.1. The van der Waals surface area contributed by atoms with Gasteiger partial charge in [0.1, 0.15) is 0 Å². The van der Waals surface area contributed by atoms with Crippen LogP contribution in [0, 0.1) is 0 Å². The van der Waals surface area contributed by atoms with Crippen LogP contribution in [0.4, 0.5) is 10.5 Å². The highest BCUT2D eigenvalue weighted by Crippen LogP contribution is 2.27. The molecule has 3 amide bonds. The van der Waals surface area contributed by atoms with Crippen molar-refractivity contribution in [2.24, 2.45) is 0 Å². The van der Waals surface area contributed by atoms with Crippen LogP contribution < -0.4 is 16.4 Å². The lowest BCUT2D eigenvalue weighted by Crippen LogP contribution is -2.40. The zero-order chi connectivity index (χ0) is 14.3. The molecule has 5 nitrogen and oxygen atoms in total. The standard InChI is InChI=1S/C12H14ClN3O2S/c1-2-5-15-12(18)16-11(17)7-19-10-4-3-8(13)6-9(10)14/h2-4,6H,1,5,7,14H2,(H2,15,16,17,18). The summed E-state index contributed by atoms with van der Waals surface area (Å²) in [7, 11) is 0. The summed E-state index contributed by atoms with van der Waals surface area (Å²) in [4.78, 5) is 23.4. The number of thioether (sulfide) groups is 1. The first-order valence-corrected chi connectivity index (χ1v) is 6.75. The molecule has 1 rings (SSSR count). The van der Waals surface area contributed by atoms with Crippen molar-refractivity contribution < 1.29 is 9.59 Å². The van der Waals surface area contributed by atoms with Crippen LogP contribution in [0.2, 0.25) is 5.02 Å². The Hall–Kier alpha value is -1.66. The molecule has 0 aliphatic rings. The molecule has 0 radical (unpaired) electrons. The molecular weight excluding hydrogens is 286 g/mol. The molecule has 0 saturated carbocycles. The molecule has 0 bridgehead atoms. The number of carbonyl (C=O) groups excluding carboxylic acids is 2. The van der Waals surface area contributed by atoms with Gasteiger partial charge in [-0.25, -0.2) is 4.79 Å². The van der Waals surface area contributed by atoms with E-state index in [9.17, 15) is 9.59 Å². The number of anilines is 1. The van der Waals surface area contributed by atoms with Gasteiger partial charge in [0.05, 0.1) is 5.75 Å². The van der Waals surface area contributed by atoms with E-state index in [1.54, 1.807) is 18.2 Å². The summed E-state index contributed by atoms with van der Waals surface area (Å²) in [5.74, 6) is -0.311. The number of hydrogen-bond donors (Lipinski definition) is 3. The minimum absolute atomic E-state index is 0.0906. The Morgan fingerprint density at radius 1 is 1.47 bits per heavy atom. The molecule has 0 spiro atoms. The summed E-state index contributed by atoms with van der Waals surface area (Å²) in [5.41, 5.74) is 6.25. The van der Waals surface area contributed by atoms with Crippen molar-refractivity contribution in [1.82, 2.24) is 10.6 Å². The number of urea groups is 1. The Balaban J connectivity index is 2.41. The highest BCUT2D eigenvalue weighted by molar-refractivity contribution is 8.00. The van der Waals surface area contributed by atoms with E-state index < -0.39 is 11.9 Å². The van der Waals surface area contributed by atoms with E-state index in [0.717, 1.165) is 4.90 Å². The summed E-state index contributed by atoms with van der Waals surface area (Å²) in [6, 6.07) is 4.48. The molecule has 0 heterocycles. The molecule has 1 aromatic rings. The molecule has 4 N–H and O–H groups in total. The number of hydrogen-bond acceptors (Lipinski definition) is 4. The van der Waals surface area contributed by atoms with Gasteiger partial charge in [0.15, 0.2) is 0 Å². The van der Waals surface area contributed by atoms with Crippen molar-refractivity contribution in [2.75, 3.05) is 18.0 Å². The largest absolute Gasteiger partial charge is 0.398 e. The number of carbonyl (C=O) groups is 2. The Morgan fingerprint density at radius 2 is 2.21 bits per heavy atom. The maximum atomic E-state index is 11.5. The van der Waals surface area contributed by atoms with E-state index in [2.05, 4.69) is 17.2 Å². The van der Waals surface area contributed by atoms with Crippen LogP contribution in [0.1, 0.15) is 0 Å². The van der Waals surface area contributed by atoms with Crippen LogP contribution in [-0.4, -0.2) is 24.2 Å². The van der Waals surface area contributed by atoms with Crippen molar-refractivity contribution >= 4 is 41.0 Å². The lowest BCUT2D eigenvalue weighted by molar-refractivity contribution is -0.117. The number of nitrogen functional groups attached to an aromatic ring is 1. The van der Waals surface area contributed by atoms with Gasteiger partial charge in [-0.15, -0.1) is 18.3 Å². The van der Waals surface area contributed by atoms with Gasteiger partial charge >= 0.3 is 6.03 Å². The van der Waals surface area contributed by atoms with E-state index in [4.69, 9.17) is 17.3 Å². The third-order valence-electron chi connectivity index (χ3n) is 1.99. The lowest BCUT2D eigenvalue weighted by Gasteiger charge is -2.06. The molecule has 0 atom stereocenters. The van der Waals surface area contributed by atoms with Gasteiger partial charge < -0.3 is 11.1 Å². The normalized spacial score (nSPS) is 9.74. The second kappa shape index (κ2) is 7.70. The Morgan fingerprint density at radius 3 is 2.84 bits per heavy atom. The van der Waals surface area contributed by atoms with Gasteiger partial charge in [0.25, 0.3) is 0 Å². The maximum absolute atomic E-state index is 11.5. The zero-order valence-corrected chi connectivity index (χ0v) is 11.7. The van der Waals surface area contributed by atoms with Crippen LogP contribution in [0.15, 0.2) is 35.7 Å². The first-order valence-electron chi connectivity index (χ1n) is 5.39. The number of benzene rings is 1. The van der Waals surface area contributed by atoms with E-state index in [1.807, 2.05) is 0 Å². The first-order chi connectivity index (χ1) is 9.02. The molecule has 0 unspecified atom stereocenters. The molecule has 19 heavy (non-hydrogen) atoms. The minimum Gasteiger partial charge on any atom is -0.398 e. The van der Waals surface area contributed by atoms with E-state index in [0.29, 0.717) is 17.3 Å². The smallest absolute Gasteiger partial charge is 0.321 e. The van der Waals surface area contributed by atoms with Gasteiger partial charge in [-0.05, 0) is 18.2 Å². The topological polar surface area (TPSA) is 84.2 Å². The van der Waals surface area contributed by atoms with E-state index in [1.165, 1.54) is 17.8 Å². The third kappa shape index (κ3) is 5.67. The van der Waals surface area contributed by atoms with Crippen molar-refractivity contribution in [2.45, 2.75) is 4.90 Å². The molecular formula is C12H14ClN3O2S. The number of amides is 3. The highest BCUT2D eigenvalue weighted by atomic mass is 35.5. The monoisotopic (exact) mass is 299 g/mol. The van der Waals surface area contributed by atoms with Gasteiger partial charge in [-0.3, -0.25) is 10.1 Å². The van der Waals surface area contributed by atoms with Crippen molar-refractivity contribution in [3.05, 3.63) is 35.9 Å². The number of nitrogens with one attached hydrogen (secondary N) is 2. The van der Waals surface area contributed by atoms with Crippen LogP contribution in [0.5, 0.6) is 0 Å². The molecule has 102 valence electrons. The highest BCUT2D eigenvalue weighted by Gasteiger charge is 2.08. The Bertz CT molecular complexity index is 494. The molecule has 0 fully saturated rings.